The van der Waals surface area contributed by atoms with Crippen molar-refractivity contribution in [1.82, 2.24) is 5.32 Å². The lowest BCUT2D eigenvalue weighted by atomic mass is 10.1. The number of nitrogens with one attached hydrogen (secondary N) is 1. The minimum atomic E-state index is 0.0707. The molecule has 0 saturated carbocycles. The summed E-state index contributed by atoms with van der Waals surface area (Å²) in [4.78, 5) is 0. The molecule has 0 radical (unpaired) electrons. The van der Waals surface area contributed by atoms with Crippen molar-refractivity contribution in [3.8, 4) is 0 Å². The normalized spacial score (nSPS) is 20.2. The fourth-order valence-corrected chi connectivity index (χ4v) is 2.94. The molecule has 0 spiro atoms. The number of rotatable bonds is 8. The summed E-state index contributed by atoms with van der Waals surface area (Å²) in [5, 5.41) is 3.45. The number of benzene rings is 1. The van der Waals surface area contributed by atoms with Crippen molar-refractivity contribution in [1.29, 1.82) is 0 Å². The van der Waals surface area contributed by atoms with E-state index in [-0.39, 0.29) is 12.2 Å². The standard InChI is InChI=1S/C16H24BrNO2/c1-2-9-18-11-16(14-7-3-4-8-15(14)17)20-12-13-6-5-10-19-13/h3-4,7-8,13,16,18H,2,5-6,9-12H2,1H3. The van der Waals surface area contributed by atoms with E-state index in [9.17, 15) is 0 Å². The largest absolute Gasteiger partial charge is 0.376 e. The van der Waals surface area contributed by atoms with Gasteiger partial charge in [-0.15, -0.1) is 0 Å². The Labute approximate surface area is 130 Å². The molecule has 1 aromatic rings. The molecule has 0 aliphatic carbocycles. The maximum atomic E-state index is 6.12. The van der Waals surface area contributed by atoms with Gasteiger partial charge in [0.1, 0.15) is 0 Å². The summed E-state index contributed by atoms with van der Waals surface area (Å²) in [5.74, 6) is 0. The summed E-state index contributed by atoms with van der Waals surface area (Å²) in [6.45, 7) is 5.59. The maximum absolute atomic E-state index is 6.12. The van der Waals surface area contributed by atoms with Gasteiger partial charge in [-0.3, -0.25) is 0 Å². The van der Waals surface area contributed by atoms with E-state index in [1.54, 1.807) is 0 Å². The van der Waals surface area contributed by atoms with Gasteiger partial charge in [0.05, 0.1) is 18.8 Å². The Morgan fingerprint density at radius 1 is 1.45 bits per heavy atom. The molecular weight excluding hydrogens is 318 g/mol. The molecule has 0 aromatic heterocycles. The Balaban J connectivity index is 1.94. The van der Waals surface area contributed by atoms with Crippen molar-refractivity contribution in [2.45, 2.75) is 38.4 Å². The van der Waals surface area contributed by atoms with E-state index in [0.717, 1.165) is 43.4 Å². The van der Waals surface area contributed by atoms with Crippen LogP contribution in [0.3, 0.4) is 0 Å². The molecular formula is C16H24BrNO2. The molecule has 0 amide bonds. The molecule has 1 fully saturated rings. The Hall–Kier alpha value is -0.420. The zero-order valence-corrected chi connectivity index (χ0v) is 13.7. The minimum absolute atomic E-state index is 0.0707. The van der Waals surface area contributed by atoms with Crippen molar-refractivity contribution >= 4 is 15.9 Å². The molecule has 1 aliphatic heterocycles. The molecule has 2 atom stereocenters. The van der Waals surface area contributed by atoms with Crippen LogP contribution in [0.4, 0.5) is 0 Å². The van der Waals surface area contributed by atoms with Crippen molar-refractivity contribution in [2.75, 3.05) is 26.3 Å². The molecule has 1 heterocycles. The van der Waals surface area contributed by atoms with Crippen molar-refractivity contribution in [3.05, 3.63) is 34.3 Å². The molecule has 1 aromatic carbocycles. The highest BCUT2D eigenvalue weighted by atomic mass is 79.9. The van der Waals surface area contributed by atoms with Crippen LogP contribution < -0.4 is 5.32 Å². The summed E-state index contributed by atoms with van der Waals surface area (Å²) in [6, 6.07) is 8.28. The van der Waals surface area contributed by atoms with E-state index in [0.29, 0.717) is 6.61 Å². The van der Waals surface area contributed by atoms with Gasteiger partial charge in [0.15, 0.2) is 0 Å². The SMILES string of the molecule is CCCNCC(OCC1CCCO1)c1ccccc1Br. The number of hydrogen-bond acceptors (Lipinski definition) is 3. The van der Waals surface area contributed by atoms with Crippen LogP contribution in [-0.2, 0) is 9.47 Å². The smallest absolute Gasteiger partial charge is 0.0961 e. The van der Waals surface area contributed by atoms with E-state index in [1.165, 1.54) is 5.56 Å². The Kier molecular flexibility index (Phi) is 7.00. The third-order valence-corrected chi connectivity index (χ3v) is 4.24. The molecule has 4 heteroatoms. The molecule has 2 unspecified atom stereocenters. The lowest BCUT2D eigenvalue weighted by Gasteiger charge is -2.22. The van der Waals surface area contributed by atoms with Gasteiger partial charge < -0.3 is 14.8 Å². The molecule has 1 aliphatic rings. The van der Waals surface area contributed by atoms with E-state index in [2.05, 4.69) is 46.4 Å². The maximum Gasteiger partial charge on any atom is 0.0961 e. The van der Waals surface area contributed by atoms with Crippen molar-refractivity contribution in [3.63, 3.8) is 0 Å². The van der Waals surface area contributed by atoms with Crippen LogP contribution in [0.1, 0.15) is 37.9 Å². The van der Waals surface area contributed by atoms with Gasteiger partial charge in [-0.05, 0) is 37.4 Å². The van der Waals surface area contributed by atoms with E-state index < -0.39 is 0 Å². The van der Waals surface area contributed by atoms with Crippen molar-refractivity contribution < 1.29 is 9.47 Å². The fraction of sp³-hybridized carbons (Fsp3) is 0.625. The molecule has 3 nitrogen and oxygen atoms in total. The van der Waals surface area contributed by atoms with Crippen LogP contribution in [0.15, 0.2) is 28.7 Å². The minimum Gasteiger partial charge on any atom is -0.376 e. The predicted octanol–water partition coefficient (Wildman–Crippen LogP) is 3.69. The highest BCUT2D eigenvalue weighted by molar-refractivity contribution is 9.10. The Bertz CT molecular complexity index is 394. The van der Waals surface area contributed by atoms with Crippen LogP contribution in [0.5, 0.6) is 0 Å². The first-order chi connectivity index (χ1) is 9.81. The van der Waals surface area contributed by atoms with Crippen LogP contribution in [0.25, 0.3) is 0 Å². The Morgan fingerprint density at radius 3 is 3.00 bits per heavy atom. The van der Waals surface area contributed by atoms with Gasteiger partial charge >= 0.3 is 0 Å². The summed E-state index contributed by atoms with van der Waals surface area (Å²) >= 11 is 3.62. The first-order valence-electron chi connectivity index (χ1n) is 7.49. The number of ether oxygens (including phenoxy) is 2. The second kappa shape index (κ2) is 8.78. The zero-order chi connectivity index (χ0) is 14.2. The molecule has 112 valence electrons. The molecule has 1 saturated heterocycles. The lowest BCUT2D eigenvalue weighted by molar-refractivity contribution is -0.0211. The van der Waals surface area contributed by atoms with Gasteiger partial charge in [0.25, 0.3) is 0 Å². The summed E-state index contributed by atoms with van der Waals surface area (Å²) in [5.41, 5.74) is 1.20. The average Bonchev–Trinajstić information content (AvgIpc) is 2.97. The van der Waals surface area contributed by atoms with Crippen LogP contribution in [0, 0.1) is 0 Å². The molecule has 1 N–H and O–H groups in total. The van der Waals surface area contributed by atoms with E-state index >= 15 is 0 Å². The Morgan fingerprint density at radius 2 is 2.30 bits per heavy atom. The molecule has 20 heavy (non-hydrogen) atoms. The molecule has 0 bridgehead atoms. The van der Waals surface area contributed by atoms with Crippen LogP contribution >= 0.6 is 15.9 Å². The topological polar surface area (TPSA) is 30.5 Å². The summed E-state index contributed by atoms with van der Waals surface area (Å²) in [7, 11) is 0. The van der Waals surface area contributed by atoms with Gasteiger partial charge in [-0.2, -0.15) is 0 Å². The van der Waals surface area contributed by atoms with Gasteiger partial charge in [-0.25, -0.2) is 0 Å². The van der Waals surface area contributed by atoms with E-state index in [4.69, 9.17) is 9.47 Å². The second-order valence-electron chi connectivity index (χ2n) is 5.18. The van der Waals surface area contributed by atoms with Gasteiger partial charge in [0.2, 0.25) is 0 Å². The summed E-state index contributed by atoms with van der Waals surface area (Å²) < 4.78 is 12.9. The lowest BCUT2D eigenvalue weighted by Crippen LogP contribution is -2.27. The summed E-state index contributed by atoms with van der Waals surface area (Å²) in [6.07, 6.45) is 3.74. The third-order valence-electron chi connectivity index (χ3n) is 3.52. The van der Waals surface area contributed by atoms with Crippen LogP contribution in [-0.4, -0.2) is 32.4 Å². The van der Waals surface area contributed by atoms with Crippen molar-refractivity contribution in [2.24, 2.45) is 0 Å². The fourth-order valence-electron chi connectivity index (χ4n) is 2.40. The van der Waals surface area contributed by atoms with Crippen LogP contribution in [0.2, 0.25) is 0 Å². The second-order valence-corrected chi connectivity index (χ2v) is 6.04. The zero-order valence-electron chi connectivity index (χ0n) is 12.1. The predicted molar refractivity (Wildman–Crippen MR) is 85.0 cm³/mol. The van der Waals surface area contributed by atoms with Gasteiger partial charge in [-0.1, -0.05) is 41.1 Å². The number of halogens is 1. The highest BCUT2D eigenvalue weighted by Gasteiger charge is 2.20. The average molecular weight is 342 g/mol. The first kappa shape index (κ1) is 16.0. The number of hydrogen-bond donors (Lipinski definition) is 1. The van der Waals surface area contributed by atoms with Gasteiger partial charge in [0, 0.05) is 17.6 Å². The monoisotopic (exact) mass is 341 g/mol. The van der Waals surface area contributed by atoms with E-state index in [1.807, 2.05) is 6.07 Å². The third kappa shape index (κ3) is 4.85. The molecule has 2 rings (SSSR count). The highest BCUT2D eigenvalue weighted by Crippen LogP contribution is 2.26. The quantitative estimate of drug-likeness (QED) is 0.731. The first-order valence-corrected chi connectivity index (χ1v) is 8.29.